The molecule has 31 heavy (non-hydrogen) atoms. The van der Waals surface area contributed by atoms with Crippen LogP contribution < -0.4 is 0 Å². The molecule has 5 rings (SSSR count). The molecule has 0 atom stereocenters. The Labute approximate surface area is 189 Å². The van der Waals surface area contributed by atoms with Gasteiger partial charge in [0.15, 0.2) is 17.5 Å². The van der Waals surface area contributed by atoms with Crippen LogP contribution in [0.15, 0.2) is 114 Å². The molecule has 0 fully saturated rings. The minimum Gasteiger partial charge on any atom is -0.208 e. The predicted molar refractivity (Wildman–Crippen MR) is 129 cm³/mol. The van der Waals surface area contributed by atoms with Gasteiger partial charge in [0.25, 0.3) is 0 Å². The van der Waals surface area contributed by atoms with E-state index in [4.69, 9.17) is 15.0 Å². The minimum absolute atomic E-state index is 0.662. The fraction of sp³-hybridized carbons (Fsp3) is 0. The molecule has 0 amide bonds. The summed E-state index contributed by atoms with van der Waals surface area (Å²) in [5.74, 6) is 2.00. The summed E-state index contributed by atoms with van der Waals surface area (Å²) in [4.78, 5) is 14.3. The highest BCUT2D eigenvalue weighted by atomic mass is 79.9. The van der Waals surface area contributed by atoms with E-state index in [1.807, 2.05) is 72.8 Å². The molecule has 3 nitrogen and oxygen atoms in total. The fourth-order valence-electron chi connectivity index (χ4n) is 3.39. The van der Waals surface area contributed by atoms with Crippen LogP contribution in [0, 0.1) is 0 Å². The molecule has 5 aromatic rings. The summed E-state index contributed by atoms with van der Waals surface area (Å²) in [6.45, 7) is 0. The molecule has 1 aromatic heterocycles. The standard InChI is InChI=1S/C27H18BrN3/c28-24-17-15-20(16-18-24)19-11-13-23(14-12-19)27-30-25(21-7-3-1-4-8-21)29-26(31-27)22-9-5-2-6-10-22/h1-18H. The summed E-state index contributed by atoms with van der Waals surface area (Å²) in [7, 11) is 0. The van der Waals surface area contributed by atoms with Crippen molar-refractivity contribution < 1.29 is 0 Å². The third kappa shape index (κ3) is 4.30. The average molecular weight is 464 g/mol. The summed E-state index contributed by atoms with van der Waals surface area (Å²) in [6.07, 6.45) is 0. The van der Waals surface area contributed by atoms with E-state index in [0.717, 1.165) is 26.7 Å². The van der Waals surface area contributed by atoms with Crippen molar-refractivity contribution in [2.75, 3.05) is 0 Å². The topological polar surface area (TPSA) is 38.7 Å². The summed E-state index contributed by atoms with van der Waals surface area (Å²) in [5, 5.41) is 0. The van der Waals surface area contributed by atoms with Gasteiger partial charge in [-0.25, -0.2) is 15.0 Å². The first kappa shape index (κ1) is 19.3. The maximum absolute atomic E-state index is 4.78. The third-order valence-corrected chi connectivity index (χ3v) is 5.55. The van der Waals surface area contributed by atoms with Gasteiger partial charge in [0, 0.05) is 21.2 Å². The Bertz CT molecular complexity index is 1240. The molecule has 0 aliphatic rings. The van der Waals surface area contributed by atoms with E-state index in [9.17, 15) is 0 Å². The van der Waals surface area contributed by atoms with Crippen molar-refractivity contribution in [1.82, 2.24) is 15.0 Å². The van der Waals surface area contributed by atoms with Gasteiger partial charge in [-0.3, -0.25) is 0 Å². The number of benzene rings is 4. The van der Waals surface area contributed by atoms with Gasteiger partial charge < -0.3 is 0 Å². The van der Waals surface area contributed by atoms with Crippen molar-refractivity contribution in [3.8, 4) is 45.3 Å². The number of halogens is 1. The number of rotatable bonds is 4. The molecular formula is C27H18BrN3. The fourth-order valence-corrected chi connectivity index (χ4v) is 3.66. The Kier molecular flexibility index (Phi) is 5.38. The van der Waals surface area contributed by atoms with Crippen LogP contribution >= 0.6 is 15.9 Å². The van der Waals surface area contributed by atoms with Gasteiger partial charge >= 0.3 is 0 Å². The molecule has 0 saturated carbocycles. The Morgan fingerprint density at radius 2 is 0.677 bits per heavy atom. The predicted octanol–water partition coefficient (Wildman–Crippen LogP) is 7.30. The van der Waals surface area contributed by atoms with E-state index < -0.39 is 0 Å². The Balaban J connectivity index is 1.58. The first-order chi connectivity index (χ1) is 15.3. The van der Waals surface area contributed by atoms with Crippen molar-refractivity contribution in [2.45, 2.75) is 0 Å². The molecule has 4 aromatic carbocycles. The Morgan fingerprint density at radius 1 is 0.355 bits per heavy atom. The lowest BCUT2D eigenvalue weighted by molar-refractivity contribution is 1.07. The zero-order valence-corrected chi connectivity index (χ0v) is 18.2. The summed E-state index contributed by atoms with van der Waals surface area (Å²) >= 11 is 3.49. The first-order valence-corrected chi connectivity index (χ1v) is 10.8. The van der Waals surface area contributed by atoms with E-state index in [2.05, 4.69) is 52.3 Å². The lowest BCUT2D eigenvalue weighted by Gasteiger charge is -2.09. The van der Waals surface area contributed by atoms with Gasteiger partial charge in [-0.15, -0.1) is 0 Å². The molecule has 0 bridgehead atoms. The zero-order valence-electron chi connectivity index (χ0n) is 16.6. The monoisotopic (exact) mass is 463 g/mol. The second-order valence-electron chi connectivity index (χ2n) is 7.12. The van der Waals surface area contributed by atoms with Gasteiger partial charge in [0.2, 0.25) is 0 Å². The lowest BCUT2D eigenvalue weighted by Crippen LogP contribution is -2.00. The summed E-state index contributed by atoms with van der Waals surface area (Å²) in [5.41, 5.74) is 5.21. The lowest BCUT2D eigenvalue weighted by atomic mass is 10.0. The van der Waals surface area contributed by atoms with Crippen LogP contribution in [-0.4, -0.2) is 15.0 Å². The van der Waals surface area contributed by atoms with Crippen LogP contribution in [0.25, 0.3) is 45.3 Å². The van der Waals surface area contributed by atoms with Crippen LogP contribution in [0.1, 0.15) is 0 Å². The van der Waals surface area contributed by atoms with E-state index in [1.165, 1.54) is 5.56 Å². The molecule has 0 radical (unpaired) electrons. The highest BCUT2D eigenvalue weighted by molar-refractivity contribution is 9.10. The summed E-state index contributed by atoms with van der Waals surface area (Å²) < 4.78 is 1.07. The number of hydrogen-bond acceptors (Lipinski definition) is 3. The van der Waals surface area contributed by atoms with Crippen molar-refractivity contribution >= 4 is 15.9 Å². The largest absolute Gasteiger partial charge is 0.208 e. The average Bonchev–Trinajstić information content (AvgIpc) is 2.85. The van der Waals surface area contributed by atoms with E-state index in [-0.39, 0.29) is 0 Å². The number of nitrogens with zero attached hydrogens (tertiary/aromatic N) is 3. The number of hydrogen-bond donors (Lipinski definition) is 0. The second kappa shape index (κ2) is 8.62. The molecule has 0 spiro atoms. The second-order valence-corrected chi connectivity index (χ2v) is 8.04. The van der Waals surface area contributed by atoms with Gasteiger partial charge in [-0.1, -0.05) is 113 Å². The molecule has 148 valence electrons. The van der Waals surface area contributed by atoms with E-state index in [1.54, 1.807) is 0 Å². The molecule has 0 unspecified atom stereocenters. The van der Waals surface area contributed by atoms with Gasteiger partial charge in [-0.2, -0.15) is 0 Å². The third-order valence-electron chi connectivity index (χ3n) is 5.02. The van der Waals surface area contributed by atoms with Crippen LogP contribution in [-0.2, 0) is 0 Å². The quantitative estimate of drug-likeness (QED) is 0.280. The molecular weight excluding hydrogens is 446 g/mol. The molecule has 4 heteroatoms. The SMILES string of the molecule is Brc1ccc(-c2ccc(-c3nc(-c4ccccc4)nc(-c4ccccc4)n3)cc2)cc1. The van der Waals surface area contributed by atoms with Crippen molar-refractivity contribution in [1.29, 1.82) is 0 Å². The smallest absolute Gasteiger partial charge is 0.164 e. The van der Waals surface area contributed by atoms with Gasteiger partial charge in [0.05, 0.1) is 0 Å². The van der Waals surface area contributed by atoms with Crippen LogP contribution in [0.5, 0.6) is 0 Å². The highest BCUT2D eigenvalue weighted by Gasteiger charge is 2.12. The van der Waals surface area contributed by atoms with Crippen LogP contribution in [0.4, 0.5) is 0 Å². The van der Waals surface area contributed by atoms with Crippen molar-refractivity contribution in [3.63, 3.8) is 0 Å². The van der Waals surface area contributed by atoms with Crippen molar-refractivity contribution in [2.24, 2.45) is 0 Å². The van der Waals surface area contributed by atoms with E-state index >= 15 is 0 Å². The first-order valence-electron chi connectivity index (χ1n) is 9.99. The van der Waals surface area contributed by atoms with Gasteiger partial charge in [-0.05, 0) is 23.3 Å². The maximum atomic E-state index is 4.78. The van der Waals surface area contributed by atoms with Crippen molar-refractivity contribution in [3.05, 3.63) is 114 Å². The maximum Gasteiger partial charge on any atom is 0.164 e. The molecule has 0 saturated heterocycles. The molecule has 0 aliphatic heterocycles. The molecule has 0 aliphatic carbocycles. The van der Waals surface area contributed by atoms with E-state index in [0.29, 0.717) is 17.5 Å². The number of aromatic nitrogens is 3. The highest BCUT2D eigenvalue weighted by Crippen LogP contribution is 2.27. The zero-order chi connectivity index (χ0) is 21.0. The van der Waals surface area contributed by atoms with Gasteiger partial charge in [0.1, 0.15) is 0 Å². The Hall–Kier alpha value is -3.63. The molecule has 0 N–H and O–H groups in total. The van der Waals surface area contributed by atoms with Crippen LogP contribution in [0.2, 0.25) is 0 Å². The molecule has 1 heterocycles. The Morgan fingerprint density at radius 3 is 1.10 bits per heavy atom. The minimum atomic E-state index is 0.662. The summed E-state index contributed by atoms with van der Waals surface area (Å²) in [6, 6.07) is 36.7. The normalized spacial score (nSPS) is 10.7. The van der Waals surface area contributed by atoms with Crippen LogP contribution in [0.3, 0.4) is 0 Å².